The van der Waals surface area contributed by atoms with Gasteiger partial charge in [0, 0.05) is 24.4 Å². The van der Waals surface area contributed by atoms with Crippen LogP contribution in [0.4, 0.5) is 5.69 Å². The molecule has 4 aromatic rings. The van der Waals surface area contributed by atoms with Crippen molar-refractivity contribution in [1.82, 2.24) is 14.6 Å². The van der Waals surface area contributed by atoms with Gasteiger partial charge in [0.25, 0.3) is 11.5 Å². The topological polar surface area (TPSA) is 88.5 Å². The number of aromatic nitrogens is 3. The van der Waals surface area contributed by atoms with E-state index in [0.29, 0.717) is 29.0 Å². The lowest BCUT2D eigenvalue weighted by atomic mass is 10.1. The number of rotatable bonds is 5. The lowest BCUT2D eigenvalue weighted by Crippen LogP contribution is -2.18. The molecule has 29 heavy (non-hydrogen) atoms. The highest BCUT2D eigenvalue weighted by molar-refractivity contribution is 6.08. The zero-order chi connectivity index (χ0) is 20.4. The van der Waals surface area contributed by atoms with Gasteiger partial charge in [0.05, 0.1) is 12.8 Å². The third-order valence-corrected chi connectivity index (χ3v) is 4.65. The van der Waals surface area contributed by atoms with E-state index < -0.39 is 0 Å². The number of hydrogen-bond donors (Lipinski definition) is 2. The maximum atomic E-state index is 12.7. The number of carbonyl (C=O) groups excluding carboxylic acids is 1. The molecule has 0 aliphatic carbocycles. The van der Waals surface area contributed by atoms with Gasteiger partial charge in [0.2, 0.25) is 0 Å². The molecule has 0 bridgehead atoms. The zero-order valence-corrected chi connectivity index (χ0v) is 16.1. The zero-order valence-electron chi connectivity index (χ0n) is 16.1. The summed E-state index contributed by atoms with van der Waals surface area (Å²) >= 11 is 0. The van der Waals surface area contributed by atoms with E-state index in [4.69, 9.17) is 4.74 Å². The van der Waals surface area contributed by atoms with E-state index in [1.807, 2.05) is 55.5 Å². The average Bonchev–Trinajstić information content (AvgIpc) is 3.15. The maximum absolute atomic E-state index is 12.7. The van der Waals surface area contributed by atoms with E-state index in [-0.39, 0.29) is 11.5 Å². The molecule has 7 heteroatoms. The summed E-state index contributed by atoms with van der Waals surface area (Å²) in [4.78, 5) is 29.7. The maximum Gasteiger partial charge on any atom is 0.272 e. The summed E-state index contributed by atoms with van der Waals surface area (Å²) in [6.07, 6.45) is 1.96. The molecular formula is C22H20N4O3. The van der Waals surface area contributed by atoms with Crippen LogP contribution in [-0.4, -0.2) is 27.6 Å². The summed E-state index contributed by atoms with van der Waals surface area (Å²) in [6, 6.07) is 16.5. The molecular weight excluding hydrogens is 368 g/mol. The van der Waals surface area contributed by atoms with Crippen LogP contribution in [0.5, 0.6) is 5.75 Å². The van der Waals surface area contributed by atoms with Crippen molar-refractivity contribution >= 4 is 17.2 Å². The Morgan fingerprint density at radius 2 is 1.86 bits per heavy atom. The fraction of sp³-hybridized carbons (Fsp3) is 0.136. The lowest BCUT2D eigenvalue weighted by molar-refractivity contribution is 0.102. The van der Waals surface area contributed by atoms with Crippen LogP contribution in [0.3, 0.4) is 0 Å². The van der Waals surface area contributed by atoms with Gasteiger partial charge in [-0.1, -0.05) is 29.8 Å². The fourth-order valence-corrected chi connectivity index (χ4v) is 3.07. The predicted molar refractivity (Wildman–Crippen MR) is 111 cm³/mol. The molecule has 0 saturated heterocycles. The molecule has 4 rings (SSSR count). The first-order valence-electron chi connectivity index (χ1n) is 9.14. The Kier molecular flexibility index (Phi) is 4.87. The van der Waals surface area contributed by atoms with Gasteiger partial charge in [0.15, 0.2) is 5.65 Å². The van der Waals surface area contributed by atoms with Crippen LogP contribution in [0.15, 0.2) is 65.6 Å². The Hall–Kier alpha value is -3.87. The van der Waals surface area contributed by atoms with Crippen LogP contribution in [0.25, 0.3) is 5.65 Å². The highest BCUT2D eigenvalue weighted by atomic mass is 16.5. The molecule has 0 saturated carbocycles. The first-order chi connectivity index (χ1) is 14.0. The summed E-state index contributed by atoms with van der Waals surface area (Å²) in [7, 11) is 1.61. The number of benzene rings is 2. The van der Waals surface area contributed by atoms with Crippen molar-refractivity contribution in [3.63, 3.8) is 0 Å². The van der Waals surface area contributed by atoms with Crippen LogP contribution >= 0.6 is 0 Å². The molecule has 2 aromatic carbocycles. The van der Waals surface area contributed by atoms with E-state index in [1.165, 1.54) is 16.8 Å². The SMILES string of the molecule is COc1ccc(Cc2cc(=O)n3[nH]cc(C(=O)Nc4ccc(C)cc4)c3n2)cc1. The van der Waals surface area contributed by atoms with E-state index in [9.17, 15) is 9.59 Å². The number of amides is 1. The number of ether oxygens (including phenoxy) is 1. The van der Waals surface area contributed by atoms with Gasteiger partial charge in [-0.05, 0) is 36.8 Å². The second-order valence-corrected chi connectivity index (χ2v) is 6.78. The monoisotopic (exact) mass is 388 g/mol. The van der Waals surface area contributed by atoms with E-state index in [2.05, 4.69) is 15.4 Å². The van der Waals surface area contributed by atoms with Crippen LogP contribution in [0.1, 0.15) is 27.2 Å². The van der Waals surface area contributed by atoms with Crippen molar-refractivity contribution in [3.8, 4) is 5.75 Å². The number of anilines is 1. The first-order valence-corrected chi connectivity index (χ1v) is 9.14. The normalized spacial score (nSPS) is 10.8. The van der Waals surface area contributed by atoms with Gasteiger partial charge in [0.1, 0.15) is 11.3 Å². The minimum absolute atomic E-state index is 0.270. The number of nitrogens with one attached hydrogen (secondary N) is 2. The average molecular weight is 388 g/mol. The molecule has 0 aliphatic heterocycles. The molecule has 0 atom stereocenters. The second kappa shape index (κ2) is 7.63. The number of aryl methyl sites for hydroxylation is 1. The van der Waals surface area contributed by atoms with Gasteiger partial charge in [-0.25, -0.2) is 9.50 Å². The van der Waals surface area contributed by atoms with Crippen LogP contribution in [-0.2, 0) is 6.42 Å². The molecule has 146 valence electrons. The lowest BCUT2D eigenvalue weighted by Gasteiger charge is -2.06. The molecule has 2 heterocycles. The number of H-pyrrole nitrogens is 1. The smallest absolute Gasteiger partial charge is 0.272 e. The van der Waals surface area contributed by atoms with Crippen molar-refractivity contribution in [2.24, 2.45) is 0 Å². The Bertz CT molecular complexity index is 1220. The van der Waals surface area contributed by atoms with Crippen LogP contribution in [0.2, 0.25) is 0 Å². The molecule has 0 fully saturated rings. The van der Waals surface area contributed by atoms with E-state index in [0.717, 1.165) is 16.9 Å². The number of carbonyl (C=O) groups is 1. The van der Waals surface area contributed by atoms with Crippen molar-refractivity contribution in [3.05, 3.63) is 93.5 Å². The van der Waals surface area contributed by atoms with Crippen LogP contribution in [0, 0.1) is 6.92 Å². The van der Waals surface area contributed by atoms with E-state index >= 15 is 0 Å². The van der Waals surface area contributed by atoms with Crippen LogP contribution < -0.4 is 15.6 Å². The summed E-state index contributed by atoms with van der Waals surface area (Å²) in [6.45, 7) is 1.98. The molecule has 0 radical (unpaired) electrons. The molecule has 0 unspecified atom stereocenters. The number of aromatic amines is 1. The van der Waals surface area contributed by atoms with E-state index in [1.54, 1.807) is 7.11 Å². The Morgan fingerprint density at radius 1 is 1.14 bits per heavy atom. The van der Waals surface area contributed by atoms with Gasteiger partial charge < -0.3 is 10.1 Å². The molecule has 0 aliphatic rings. The third kappa shape index (κ3) is 3.89. The third-order valence-electron chi connectivity index (χ3n) is 4.65. The fourth-order valence-electron chi connectivity index (χ4n) is 3.07. The van der Waals surface area contributed by atoms with Crippen molar-refractivity contribution in [2.45, 2.75) is 13.3 Å². The Morgan fingerprint density at radius 3 is 2.55 bits per heavy atom. The molecule has 0 spiro atoms. The molecule has 2 aromatic heterocycles. The summed E-state index contributed by atoms with van der Waals surface area (Å²) in [5.74, 6) is 0.430. The van der Waals surface area contributed by atoms with Gasteiger partial charge in [-0.2, -0.15) is 0 Å². The number of hydrogen-bond acceptors (Lipinski definition) is 4. The number of nitrogens with zero attached hydrogens (tertiary/aromatic N) is 2. The highest BCUT2D eigenvalue weighted by Crippen LogP contribution is 2.16. The largest absolute Gasteiger partial charge is 0.497 e. The quantitative estimate of drug-likeness (QED) is 0.550. The summed E-state index contributed by atoms with van der Waals surface area (Å²) in [5, 5.41) is 5.64. The Balaban J connectivity index is 1.64. The summed E-state index contributed by atoms with van der Waals surface area (Å²) in [5.41, 5.74) is 3.69. The van der Waals surface area contributed by atoms with Gasteiger partial charge in [-0.3, -0.25) is 14.7 Å². The molecule has 2 N–H and O–H groups in total. The highest BCUT2D eigenvalue weighted by Gasteiger charge is 2.16. The van der Waals surface area contributed by atoms with Crippen molar-refractivity contribution in [1.29, 1.82) is 0 Å². The molecule has 1 amide bonds. The minimum Gasteiger partial charge on any atom is -0.497 e. The van der Waals surface area contributed by atoms with Crippen molar-refractivity contribution < 1.29 is 9.53 Å². The second-order valence-electron chi connectivity index (χ2n) is 6.78. The summed E-state index contributed by atoms with van der Waals surface area (Å²) < 4.78 is 6.43. The Labute approximate surface area is 167 Å². The predicted octanol–water partition coefficient (Wildman–Crippen LogP) is 3.18. The molecule has 7 nitrogen and oxygen atoms in total. The standard InChI is InChI=1S/C22H20N4O3/c1-14-3-7-16(8-4-14)25-22(28)19-13-23-26-20(27)12-17(24-21(19)26)11-15-5-9-18(29-2)10-6-15/h3-10,12-13,23H,11H2,1-2H3,(H,25,28). The number of methoxy groups -OCH3 is 1. The van der Waals surface area contributed by atoms with Crippen molar-refractivity contribution in [2.75, 3.05) is 12.4 Å². The van der Waals surface area contributed by atoms with Gasteiger partial charge >= 0.3 is 0 Å². The number of fused-ring (bicyclic) bond motifs is 1. The minimum atomic E-state index is -0.332. The van der Waals surface area contributed by atoms with Gasteiger partial charge in [-0.15, -0.1) is 0 Å². The first kappa shape index (κ1) is 18.5.